The van der Waals surface area contributed by atoms with Gasteiger partial charge in [0.2, 0.25) is 0 Å². The fourth-order valence-corrected chi connectivity index (χ4v) is 5.25. The van der Waals surface area contributed by atoms with Gasteiger partial charge >= 0.3 is 0 Å². The molecule has 3 heteroatoms. The van der Waals surface area contributed by atoms with Crippen LogP contribution < -0.4 is 5.32 Å². The molecule has 16 heavy (non-hydrogen) atoms. The van der Waals surface area contributed by atoms with Gasteiger partial charge in [0.15, 0.2) is 0 Å². The van der Waals surface area contributed by atoms with Gasteiger partial charge in [-0.2, -0.15) is 0 Å². The van der Waals surface area contributed by atoms with Crippen LogP contribution in [0.5, 0.6) is 0 Å². The van der Waals surface area contributed by atoms with Crippen LogP contribution in [-0.2, 0) is 10.8 Å². The largest absolute Gasteiger partial charge is 0.379 e. The highest BCUT2D eigenvalue weighted by atomic mass is 32.2. The molecule has 1 aromatic rings. The van der Waals surface area contributed by atoms with Crippen LogP contribution in [0.4, 0.5) is 5.69 Å². The van der Waals surface area contributed by atoms with Gasteiger partial charge in [-0.15, -0.1) is 0 Å². The number of para-hydroxylation sites is 1. The molecular weight excluding hydrogens is 218 g/mol. The highest BCUT2D eigenvalue weighted by Crippen LogP contribution is 2.47. The first-order chi connectivity index (χ1) is 7.84. The van der Waals surface area contributed by atoms with Crippen LogP contribution in [0, 0.1) is 11.8 Å². The van der Waals surface area contributed by atoms with Crippen LogP contribution >= 0.6 is 0 Å². The Hall–Kier alpha value is -1.09. The molecule has 3 aliphatic rings. The zero-order valence-corrected chi connectivity index (χ0v) is 9.61. The topological polar surface area (TPSA) is 29.1 Å². The number of fused-ring (bicyclic) bond motifs is 6. The van der Waals surface area contributed by atoms with Gasteiger partial charge in [-0.3, -0.25) is 4.21 Å². The van der Waals surface area contributed by atoms with Crippen molar-refractivity contribution in [3.05, 3.63) is 36.4 Å². The molecule has 0 amide bonds. The average Bonchev–Trinajstić information content (AvgIpc) is 2.90. The summed E-state index contributed by atoms with van der Waals surface area (Å²) in [5.74, 6) is 1.11. The van der Waals surface area contributed by atoms with Crippen molar-refractivity contribution in [1.82, 2.24) is 0 Å². The van der Waals surface area contributed by atoms with Gasteiger partial charge < -0.3 is 5.32 Å². The van der Waals surface area contributed by atoms with Crippen LogP contribution in [0.3, 0.4) is 0 Å². The minimum absolute atomic E-state index is 0.296. The fourth-order valence-electron chi connectivity index (χ4n) is 3.35. The van der Waals surface area contributed by atoms with Gasteiger partial charge in [0.05, 0.1) is 26.6 Å². The van der Waals surface area contributed by atoms with Crippen LogP contribution in [0.2, 0.25) is 0 Å². The third kappa shape index (κ3) is 0.995. The second-order valence-electron chi connectivity index (χ2n) is 4.88. The lowest BCUT2D eigenvalue weighted by atomic mass is 10.0. The van der Waals surface area contributed by atoms with Crippen LogP contribution in [-0.4, -0.2) is 15.5 Å². The first-order valence-corrected chi connectivity index (χ1v) is 7.00. The molecule has 1 fully saturated rings. The Bertz CT molecular complexity index is 510. The Morgan fingerprint density at radius 1 is 1.19 bits per heavy atom. The number of benzene rings is 1. The van der Waals surface area contributed by atoms with Gasteiger partial charge in [-0.05, 0) is 30.4 Å². The average molecular weight is 231 g/mol. The highest BCUT2D eigenvalue weighted by Gasteiger charge is 2.50. The molecule has 0 saturated heterocycles. The van der Waals surface area contributed by atoms with Crippen molar-refractivity contribution in [1.29, 1.82) is 0 Å². The van der Waals surface area contributed by atoms with Crippen molar-refractivity contribution in [2.75, 3.05) is 5.32 Å². The van der Waals surface area contributed by atoms with Crippen molar-refractivity contribution in [3.8, 4) is 0 Å². The van der Waals surface area contributed by atoms with E-state index in [2.05, 4.69) is 17.5 Å². The second kappa shape index (κ2) is 2.98. The van der Waals surface area contributed by atoms with Crippen molar-refractivity contribution >= 4 is 16.5 Å². The molecule has 1 saturated carbocycles. The van der Waals surface area contributed by atoms with Crippen molar-refractivity contribution in [2.45, 2.75) is 22.6 Å². The summed E-state index contributed by atoms with van der Waals surface area (Å²) in [5, 5.41) is 3.87. The highest BCUT2D eigenvalue weighted by molar-refractivity contribution is 7.86. The zero-order valence-electron chi connectivity index (χ0n) is 8.80. The minimum Gasteiger partial charge on any atom is -0.379 e. The van der Waals surface area contributed by atoms with E-state index < -0.39 is 10.8 Å². The molecule has 0 aromatic heterocycles. The van der Waals surface area contributed by atoms with Crippen LogP contribution in [0.1, 0.15) is 6.42 Å². The molecule has 1 N–H and O–H groups in total. The predicted octanol–water partition coefficient (Wildman–Crippen LogP) is 2.16. The number of hydrogen-bond acceptors (Lipinski definition) is 2. The molecule has 0 spiro atoms. The summed E-state index contributed by atoms with van der Waals surface area (Å²) in [7, 11) is -0.834. The lowest BCUT2D eigenvalue weighted by Crippen LogP contribution is -2.43. The third-order valence-electron chi connectivity index (χ3n) is 4.06. The van der Waals surface area contributed by atoms with Crippen molar-refractivity contribution in [3.63, 3.8) is 0 Å². The standard InChI is InChI=1S/C13H13NOS/c15-16-11-4-2-1-3-10(11)14-12-8-5-6-9(7-8)13(12)16/h1-6,8-9,12-14H,7H2/t8-,9+,12+,13-,16?/m1/s1. The summed E-state index contributed by atoms with van der Waals surface area (Å²) < 4.78 is 12.5. The molecule has 0 radical (unpaired) electrons. The lowest BCUT2D eigenvalue weighted by Gasteiger charge is -2.34. The summed E-state index contributed by atoms with van der Waals surface area (Å²) >= 11 is 0. The SMILES string of the molecule is O=S1c2ccccc2N[C@@H]2[C@H]1[C@H]1C=C[C@@H]2C1. The third-order valence-corrected chi connectivity index (χ3v) is 5.99. The molecule has 1 aromatic carbocycles. The number of anilines is 1. The number of hydrogen-bond donors (Lipinski definition) is 1. The van der Waals surface area contributed by atoms with E-state index in [1.54, 1.807) is 0 Å². The molecular formula is C13H13NOS. The maximum atomic E-state index is 12.5. The Balaban J connectivity index is 1.86. The molecule has 2 nitrogen and oxygen atoms in total. The quantitative estimate of drug-likeness (QED) is 0.693. The van der Waals surface area contributed by atoms with Gasteiger partial charge in [0, 0.05) is 6.04 Å². The van der Waals surface area contributed by atoms with Gasteiger partial charge in [-0.25, -0.2) is 0 Å². The van der Waals surface area contributed by atoms with E-state index in [4.69, 9.17) is 0 Å². The second-order valence-corrected chi connectivity index (χ2v) is 6.46. The zero-order chi connectivity index (χ0) is 10.7. The predicted molar refractivity (Wildman–Crippen MR) is 64.8 cm³/mol. The van der Waals surface area contributed by atoms with E-state index in [1.807, 2.05) is 24.3 Å². The summed E-state index contributed by atoms with van der Waals surface area (Å²) in [4.78, 5) is 0.990. The number of rotatable bonds is 0. The Morgan fingerprint density at radius 2 is 2.00 bits per heavy atom. The molecule has 2 bridgehead atoms. The van der Waals surface area contributed by atoms with Gasteiger partial charge in [-0.1, -0.05) is 24.3 Å². The maximum Gasteiger partial charge on any atom is 0.0665 e. The monoisotopic (exact) mass is 231 g/mol. The van der Waals surface area contributed by atoms with E-state index in [0.717, 1.165) is 10.6 Å². The summed E-state index contributed by atoms with van der Waals surface area (Å²) in [6.07, 6.45) is 5.74. The Kier molecular flexibility index (Phi) is 1.67. The van der Waals surface area contributed by atoms with Gasteiger partial charge in [0.1, 0.15) is 0 Å². The molecule has 82 valence electrons. The molecule has 4 rings (SSSR count). The summed E-state index contributed by atoms with van der Waals surface area (Å²) in [6, 6.07) is 8.41. The first kappa shape index (κ1) is 8.99. The van der Waals surface area contributed by atoms with E-state index in [9.17, 15) is 4.21 Å². The molecule has 5 atom stereocenters. The number of allylic oxidation sites excluding steroid dienone is 1. The summed E-state index contributed by atoms with van der Waals surface area (Å²) in [5.41, 5.74) is 1.07. The summed E-state index contributed by atoms with van der Waals surface area (Å²) in [6.45, 7) is 0. The maximum absolute atomic E-state index is 12.5. The van der Waals surface area contributed by atoms with Crippen LogP contribution in [0.25, 0.3) is 0 Å². The number of nitrogens with one attached hydrogen (secondary N) is 1. The molecule has 1 heterocycles. The molecule has 2 aliphatic carbocycles. The first-order valence-electron chi connectivity index (χ1n) is 5.79. The van der Waals surface area contributed by atoms with E-state index in [0.29, 0.717) is 23.1 Å². The van der Waals surface area contributed by atoms with Crippen molar-refractivity contribution < 1.29 is 4.21 Å². The normalized spacial score (nSPS) is 42.6. The molecule has 1 aliphatic heterocycles. The smallest absolute Gasteiger partial charge is 0.0665 e. The van der Waals surface area contributed by atoms with Crippen molar-refractivity contribution in [2.24, 2.45) is 11.8 Å². The minimum atomic E-state index is -0.834. The Labute approximate surface area is 97.2 Å². The van der Waals surface area contributed by atoms with E-state index in [-0.39, 0.29) is 0 Å². The lowest BCUT2D eigenvalue weighted by molar-refractivity contribution is 0.591. The van der Waals surface area contributed by atoms with Crippen LogP contribution in [0.15, 0.2) is 41.3 Å². The fraction of sp³-hybridized carbons (Fsp3) is 0.385. The van der Waals surface area contributed by atoms with E-state index >= 15 is 0 Å². The van der Waals surface area contributed by atoms with E-state index in [1.165, 1.54) is 6.42 Å². The van der Waals surface area contributed by atoms with Gasteiger partial charge in [0.25, 0.3) is 0 Å². The Morgan fingerprint density at radius 3 is 2.94 bits per heavy atom. The molecule has 1 unspecified atom stereocenters.